The van der Waals surface area contributed by atoms with Crippen LogP contribution >= 0.6 is 7.26 Å². The Balaban J connectivity index is 1.71. The summed E-state index contributed by atoms with van der Waals surface area (Å²) >= 11 is 0. The molecule has 0 bridgehead atoms. The molecule has 6 nitrogen and oxygen atoms in total. The molecule has 0 aliphatic carbocycles. The number of carbonyl (C=O) groups is 1. The van der Waals surface area contributed by atoms with Crippen LogP contribution in [0.5, 0.6) is 0 Å². The maximum atomic E-state index is 11.9. The Morgan fingerprint density at radius 3 is 1.76 bits per heavy atom. The molecule has 0 aliphatic heterocycles. The highest BCUT2D eigenvalue weighted by Gasteiger charge is 2.44. The summed E-state index contributed by atoms with van der Waals surface area (Å²) < 4.78 is 5.99. The quantitative estimate of drug-likeness (QED) is 0.175. The van der Waals surface area contributed by atoms with Crippen LogP contribution in [-0.2, 0) is 9.53 Å². The number of rotatable bonds is 11. The SMILES string of the molecule is CN(CC(=O)NCCOCC[P+](c1ccccc1)(c1ccccc1)c1ccccc1)C(=N)N. The zero-order chi connectivity index (χ0) is 23.5. The number of likely N-dealkylation sites (N-methyl/N-ethyl adjacent to an activating group) is 1. The van der Waals surface area contributed by atoms with Gasteiger partial charge in [-0.1, -0.05) is 54.6 Å². The van der Waals surface area contributed by atoms with Gasteiger partial charge >= 0.3 is 0 Å². The van der Waals surface area contributed by atoms with E-state index in [-0.39, 0.29) is 18.4 Å². The van der Waals surface area contributed by atoms with Crippen LogP contribution in [0.25, 0.3) is 0 Å². The summed E-state index contributed by atoms with van der Waals surface area (Å²) in [6.07, 6.45) is 0.867. The van der Waals surface area contributed by atoms with E-state index in [1.807, 2.05) is 0 Å². The van der Waals surface area contributed by atoms with E-state index >= 15 is 0 Å². The van der Waals surface area contributed by atoms with Gasteiger partial charge in [-0.25, -0.2) is 0 Å². The molecule has 0 aromatic heterocycles. The van der Waals surface area contributed by atoms with Crippen molar-refractivity contribution in [2.75, 3.05) is 39.5 Å². The van der Waals surface area contributed by atoms with Gasteiger partial charge in [-0.15, -0.1) is 0 Å². The average molecular weight is 464 g/mol. The molecule has 0 saturated carbocycles. The molecular formula is C26H32N4O2P+. The Morgan fingerprint density at radius 1 is 0.879 bits per heavy atom. The predicted molar refractivity (Wildman–Crippen MR) is 138 cm³/mol. The summed E-state index contributed by atoms with van der Waals surface area (Å²) in [6, 6.07) is 32.1. The molecular weight excluding hydrogens is 431 g/mol. The monoisotopic (exact) mass is 463 g/mol. The van der Waals surface area contributed by atoms with E-state index in [2.05, 4.69) is 96.3 Å². The Kier molecular flexibility index (Phi) is 8.99. The molecule has 3 rings (SSSR count). The highest BCUT2D eigenvalue weighted by molar-refractivity contribution is 7.95. The minimum Gasteiger partial charge on any atom is -0.376 e. The van der Waals surface area contributed by atoms with Crippen LogP contribution in [0.2, 0.25) is 0 Å². The number of amides is 1. The summed E-state index contributed by atoms with van der Waals surface area (Å²) in [5.41, 5.74) is 5.37. The van der Waals surface area contributed by atoms with Gasteiger partial charge in [0, 0.05) is 13.6 Å². The lowest BCUT2D eigenvalue weighted by atomic mass is 10.4. The summed E-state index contributed by atoms with van der Waals surface area (Å²) in [4.78, 5) is 13.3. The molecule has 172 valence electrons. The minimum absolute atomic E-state index is 0.0556. The minimum atomic E-state index is -1.91. The fourth-order valence-corrected chi connectivity index (χ4v) is 7.92. The first kappa shape index (κ1) is 24.4. The lowest BCUT2D eigenvalue weighted by Crippen LogP contribution is -2.42. The summed E-state index contributed by atoms with van der Waals surface area (Å²) in [6.45, 7) is 1.47. The number of nitrogens with one attached hydrogen (secondary N) is 2. The first-order valence-electron chi connectivity index (χ1n) is 11.0. The van der Waals surface area contributed by atoms with Crippen LogP contribution in [0.15, 0.2) is 91.0 Å². The third kappa shape index (κ3) is 6.41. The van der Waals surface area contributed by atoms with Crippen molar-refractivity contribution in [3.63, 3.8) is 0 Å². The Hall–Kier alpha value is -3.21. The van der Waals surface area contributed by atoms with Crippen LogP contribution in [0.3, 0.4) is 0 Å². The highest BCUT2D eigenvalue weighted by Crippen LogP contribution is 2.54. The van der Waals surface area contributed by atoms with E-state index in [1.54, 1.807) is 7.05 Å². The smallest absolute Gasteiger partial charge is 0.239 e. The molecule has 4 N–H and O–H groups in total. The van der Waals surface area contributed by atoms with Crippen LogP contribution in [0.1, 0.15) is 0 Å². The van der Waals surface area contributed by atoms with E-state index in [9.17, 15) is 4.79 Å². The van der Waals surface area contributed by atoms with Crippen molar-refractivity contribution in [2.45, 2.75) is 0 Å². The third-order valence-electron chi connectivity index (χ3n) is 5.52. The van der Waals surface area contributed by atoms with Crippen molar-refractivity contribution in [2.24, 2.45) is 5.73 Å². The number of hydrogen-bond donors (Lipinski definition) is 3. The second-order valence-corrected chi connectivity index (χ2v) is 11.4. The van der Waals surface area contributed by atoms with Gasteiger partial charge in [0.1, 0.15) is 23.2 Å². The molecule has 1 amide bonds. The molecule has 0 radical (unpaired) electrons. The number of guanidine groups is 1. The number of ether oxygens (including phenoxy) is 1. The zero-order valence-corrected chi connectivity index (χ0v) is 19.9. The van der Waals surface area contributed by atoms with E-state index in [1.165, 1.54) is 20.8 Å². The fourth-order valence-electron chi connectivity index (χ4n) is 3.80. The zero-order valence-electron chi connectivity index (χ0n) is 19.0. The van der Waals surface area contributed by atoms with E-state index in [4.69, 9.17) is 15.9 Å². The highest BCUT2D eigenvalue weighted by atomic mass is 31.2. The summed E-state index contributed by atoms with van der Waals surface area (Å²) in [5, 5.41) is 14.1. The van der Waals surface area contributed by atoms with Crippen molar-refractivity contribution < 1.29 is 9.53 Å². The fraction of sp³-hybridized carbons (Fsp3) is 0.231. The third-order valence-corrected chi connectivity index (χ3v) is 9.91. The van der Waals surface area contributed by atoms with Crippen LogP contribution < -0.4 is 27.0 Å². The summed E-state index contributed by atoms with van der Waals surface area (Å²) in [5.74, 6) is -0.319. The molecule has 33 heavy (non-hydrogen) atoms. The van der Waals surface area contributed by atoms with Crippen molar-refractivity contribution >= 4 is 35.0 Å². The molecule has 0 aliphatic rings. The van der Waals surface area contributed by atoms with Gasteiger partial charge in [0.15, 0.2) is 5.96 Å². The van der Waals surface area contributed by atoms with Gasteiger partial charge in [-0.3, -0.25) is 10.2 Å². The largest absolute Gasteiger partial charge is 0.376 e. The number of nitrogens with zero attached hydrogens (tertiary/aromatic N) is 1. The van der Waals surface area contributed by atoms with Crippen LogP contribution in [0.4, 0.5) is 0 Å². The molecule has 3 aromatic carbocycles. The van der Waals surface area contributed by atoms with Crippen molar-refractivity contribution in [3.8, 4) is 0 Å². The van der Waals surface area contributed by atoms with Crippen molar-refractivity contribution in [1.82, 2.24) is 10.2 Å². The Morgan fingerprint density at radius 2 is 1.33 bits per heavy atom. The van der Waals surface area contributed by atoms with Gasteiger partial charge in [-0.2, -0.15) is 0 Å². The maximum absolute atomic E-state index is 11.9. The lowest BCUT2D eigenvalue weighted by Gasteiger charge is -2.27. The van der Waals surface area contributed by atoms with Gasteiger partial charge in [0.2, 0.25) is 5.91 Å². The van der Waals surface area contributed by atoms with Crippen LogP contribution in [-0.4, -0.2) is 56.3 Å². The normalized spacial score (nSPS) is 11.1. The van der Waals surface area contributed by atoms with E-state index < -0.39 is 7.26 Å². The predicted octanol–water partition coefficient (Wildman–Crippen LogP) is 1.94. The molecule has 0 unspecified atom stereocenters. The Labute approximate surface area is 196 Å². The van der Waals surface area contributed by atoms with Gasteiger partial charge in [-0.05, 0) is 36.4 Å². The molecule has 0 fully saturated rings. The van der Waals surface area contributed by atoms with Crippen molar-refractivity contribution in [3.05, 3.63) is 91.0 Å². The molecule has 0 heterocycles. The molecule has 0 spiro atoms. The first-order chi connectivity index (χ1) is 16.0. The number of nitrogens with two attached hydrogens (primary N) is 1. The molecule has 3 aromatic rings. The van der Waals surface area contributed by atoms with E-state index in [0.29, 0.717) is 19.8 Å². The number of hydrogen-bond acceptors (Lipinski definition) is 3. The van der Waals surface area contributed by atoms with Crippen LogP contribution in [0, 0.1) is 5.41 Å². The van der Waals surface area contributed by atoms with Gasteiger partial charge in [0.05, 0.1) is 25.9 Å². The maximum Gasteiger partial charge on any atom is 0.239 e. The standard InChI is InChI=1S/C26H31N4O2P/c1-30(26(27)28)21-25(31)29-17-18-32-19-20-33(22-11-5-2-6-12-22,23-13-7-3-8-14-23)24-15-9-4-10-16-24/h2-16H,17-21H2,1H3,(H3-,27,28,29,31)/p+1. The number of benzene rings is 3. The van der Waals surface area contributed by atoms with Gasteiger partial charge < -0.3 is 20.7 Å². The first-order valence-corrected chi connectivity index (χ1v) is 13.0. The Bertz CT molecular complexity index is 920. The average Bonchev–Trinajstić information content (AvgIpc) is 2.85. The second kappa shape index (κ2) is 12.1. The number of carbonyl (C=O) groups excluding carboxylic acids is 1. The molecule has 7 heteroatoms. The summed E-state index contributed by atoms with van der Waals surface area (Å²) in [7, 11) is -0.298. The van der Waals surface area contributed by atoms with Gasteiger partial charge in [0.25, 0.3) is 0 Å². The lowest BCUT2D eigenvalue weighted by molar-refractivity contribution is -0.121. The van der Waals surface area contributed by atoms with Crippen molar-refractivity contribution in [1.29, 1.82) is 5.41 Å². The molecule has 0 saturated heterocycles. The molecule has 0 atom stereocenters. The van der Waals surface area contributed by atoms with E-state index in [0.717, 1.165) is 6.16 Å². The topological polar surface area (TPSA) is 91.4 Å². The second-order valence-electron chi connectivity index (χ2n) is 7.74.